The maximum atomic E-state index is 13.5. The van der Waals surface area contributed by atoms with Crippen molar-refractivity contribution in [1.82, 2.24) is 14.7 Å². The molecule has 0 aromatic heterocycles. The summed E-state index contributed by atoms with van der Waals surface area (Å²) in [5, 5.41) is 0. The summed E-state index contributed by atoms with van der Waals surface area (Å²) in [5.74, 6) is -0.0387. The van der Waals surface area contributed by atoms with Gasteiger partial charge in [0.1, 0.15) is 11.4 Å². The molecule has 5 rings (SSSR count). The third-order valence-electron chi connectivity index (χ3n) is 7.04. The molecule has 4 aliphatic rings. The van der Waals surface area contributed by atoms with Gasteiger partial charge < -0.3 is 19.3 Å². The normalized spacial score (nSPS) is 31.9. The summed E-state index contributed by atoms with van der Waals surface area (Å²) in [6.07, 6.45) is 5.59. The number of ether oxygens (including phenoxy) is 2. The second-order valence-corrected chi connectivity index (χ2v) is 8.86. The van der Waals surface area contributed by atoms with E-state index in [0.717, 1.165) is 30.9 Å². The van der Waals surface area contributed by atoms with Crippen molar-refractivity contribution in [2.75, 3.05) is 46.4 Å². The maximum Gasteiger partial charge on any atom is 0.230 e. The zero-order valence-electron chi connectivity index (χ0n) is 17.9. The first-order valence-electron chi connectivity index (χ1n) is 11.0. The van der Waals surface area contributed by atoms with Crippen molar-refractivity contribution < 1.29 is 19.1 Å². The smallest absolute Gasteiger partial charge is 0.230 e. The summed E-state index contributed by atoms with van der Waals surface area (Å²) in [7, 11) is 1.63. The van der Waals surface area contributed by atoms with E-state index in [9.17, 15) is 9.59 Å². The van der Waals surface area contributed by atoms with Crippen LogP contribution in [0.1, 0.15) is 5.56 Å². The van der Waals surface area contributed by atoms with Crippen LogP contribution in [0, 0.1) is 11.8 Å². The molecule has 0 N–H and O–H groups in total. The van der Waals surface area contributed by atoms with Gasteiger partial charge in [0.25, 0.3) is 0 Å². The summed E-state index contributed by atoms with van der Waals surface area (Å²) in [6, 6.07) is 7.74. The summed E-state index contributed by atoms with van der Waals surface area (Å²) < 4.78 is 11.6. The van der Waals surface area contributed by atoms with Crippen molar-refractivity contribution in [3.8, 4) is 5.75 Å². The predicted molar refractivity (Wildman–Crippen MR) is 115 cm³/mol. The van der Waals surface area contributed by atoms with Crippen LogP contribution in [0.15, 0.2) is 49.1 Å². The van der Waals surface area contributed by atoms with Crippen LogP contribution in [0.25, 0.3) is 0 Å². The minimum Gasteiger partial charge on any atom is -0.497 e. The lowest BCUT2D eigenvalue weighted by atomic mass is 9.76. The number of benzene rings is 1. The van der Waals surface area contributed by atoms with E-state index in [-0.39, 0.29) is 17.9 Å². The molecule has 164 valence electrons. The molecular weight excluding hydrogens is 394 g/mol. The molecule has 0 radical (unpaired) electrons. The van der Waals surface area contributed by atoms with E-state index in [1.807, 2.05) is 52.3 Å². The molecular formula is C24H29N3O4. The SMILES string of the molecule is C=CCN1CCN(C(=O)[C@@H]2[C@@H]3C=C[C@@]4(CN(Cc5cccc(OC)c5)C(=O)[C@H]24)O3)CC1. The van der Waals surface area contributed by atoms with Crippen LogP contribution in [0.4, 0.5) is 0 Å². The first-order chi connectivity index (χ1) is 15.0. The third kappa shape index (κ3) is 3.36. The predicted octanol–water partition coefficient (Wildman–Crippen LogP) is 1.31. The minimum absolute atomic E-state index is 0.0123. The highest BCUT2D eigenvalue weighted by atomic mass is 16.5. The second kappa shape index (κ2) is 7.80. The molecule has 0 unspecified atom stereocenters. The van der Waals surface area contributed by atoms with Gasteiger partial charge in [-0.2, -0.15) is 0 Å². The summed E-state index contributed by atoms with van der Waals surface area (Å²) in [6.45, 7) is 8.62. The van der Waals surface area contributed by atoms with Gasteiger partial charge in [-0.1, -0.05) is 30.4 Å². The van der Waals surface area contributed by atoms with Crippen LogP contribution in [0.2, 0.25) is 0 Å². The minimum atomic E-state index is -0.675. The molecule has 7 nitrogen and oxygen atoms in total. The molecule has 1 spiro atoms. The second-order valence-electron chi connectivity index (χ2n) is 8.86. The Hall–Kier alpha value is -2.64. The Labute approximate surface area is 182 Å². The van der Waals surface area contributed by atoms with Gasteiger partial charge >= 0.3 is 0 Å². The van der Waals surface area contributed by atoms with Gasteiger partial charge in [0.2, 0.25) is 11.8 Å². The molecule has 4 atom stereocenters. The lowest BCUT2D eigenvalue weighted by molar-refractivity contribution is -0.144. The van der Waals surface area contributed by atoms with Gasteiger partial charge in [0, 0.05) is 39.3 Å². The highest BCUT2D eigenvalue weighted by molar-refractivity contribution is 5.93. The lowest BCUT2D eigenvalue weighted by Crippen LogP contribution is -2.53. The Morgan fingerprint density at radius 3 is 2.87 bits per heavy atom. The van der Waals surface area contributed by atoms with E-state index < -0.39 is 17.4 Å². The topological polar surface area (TPSA) is 62.3 Å². The summed E-state index contributed by atoms with van der Waals surface area (Å²) in [5.41, 5.74) is 0.329. The Morgan fingerprint density at radius 2 is 2.13 bits per heavy atom. The largest absolute Gasteiger partial charge is 0.497 e. The fraction of sp³-hybridized carbons (Fsp3) is 0.500. The van der Waals surface area contributed by atoms with Crippen molar-refractivity contribution in [3.05, 3.63) is 54.6 Å². The monoisotopic (exact) mass is 423 g/mol. The van der Waals surface area contributed by atoms with Crippen LogP contribution >= 0.6 is 0 Å². The highest BCUT2D eigenvalue weighted by Crippen LogP contribution is 2.52. The maximum absolute atomic E-state index is 13.5. The molecule has 2 bridgehead atoms. The molecule has 1 aromatic carbocycles. The number of carbonyl (C=O) groups excluding carboxylic acids is 2. The van der Waals surface area contributed by atoms with Crippen LogP contribution < -0.4 is 4.74 Å². The van der Waals surface area contributed by atoms with Gasteiger partial charge in [-0.25, -0.2) is 0 Å². The van der Waals surface area contributed by atoms with Crippen LogP contribution in [0.3, 0.4) is 0 Å². The third-order valence-corrected chi connectivity index (χ3v) is 7.04. The average molecular weight is 424 g/mol. The van der Waals surface area contributed by atoms with Gasteiger partial charge in [0.15, 0.2) is 0 Å². The number of nitrogens with zero attached hydrogens (tertiary/aromatic N) is 3. The number of rotatable bonds is 6. The van der Waals surface area contributed by atoms with Crippen LogP contribution in [0.5, 0.6) is 5.75 Å². The highest BCUT2D eigenvalue weighted by Gasteiger charge is 2.67. The van der Waals surface area contributed by atoms with E-state index in [1.54, 1.807) is 7.11 Å². The van der Waals surface area contributed by atoms with Crippen LogP contribution in [-0.2, 0) is 20.9 Å². The Bertz CT molecular complexity index is 923. The molecule has 31 heavy (non-hydrogen) atoms. The first kappa shape index (κ1) is 20.3. The molecule has 4 aliphatic heterocycles. The number of likely N-dealkylation sites (tertiary alicyclic amines) is 1. The number of methoxy groups -OCH3 is 1. The van der Waals surface area contributed by atoms with Crippen molar-refractivity contribution in [2.45, 2.75) is 18.2 Å². The van der Waals surface area contributed by atoms with E-state index in [2.05, 4.69) is 11.5 Å². The zero-order valence-corrected chi connectivity index (χ0v) is 17.9. The fourth-order valence-corrected chi connectivity index (χ4v) is 5.53. The van der Waals surface area contributed by atoms with E-state index in [0.29, 0.717) is 26.2 Å². The standard InChI is InChI=1S/C24H29N3O4/c1-3-9-25-10-12-26(13-11-25)22(28)20-19-7-8-24(31-19)16-27(23(29)21(20)24)15-17-5-4-6-18(14-17)30-2/h3-8,14,19-21H,1,9-13,15-16H2,2H3/t19-,20+,21-,24-/m0/s1. The Morgan fingerprint density at radius 1 is 1.32 bits per heavy atom. The Kier molecular flexibility index (Phi) is 5.10. The fourth-order valence-electron chi connectivity index (χ4n) is 5.53. The first-order valence-corrected chi connectivity index (χ1v) is 11.0. The molecule has 3 fully saturated rings. The van der Waals surface area contributed by atoms with E-state index >= 15 is 0 Å². The van der Waals surface area contributed by atoms with Gasteiger partial charge in [-0.15, -0.1) is 6.58 Å². The number of amides is 2. The molecule has 4 heterocycles. The van der Waals surface area contributed by atoms with Crippen molar-refractivity contribution in [2.24, 2.45) is 11.8 Å². The Balaban J connectivity index is 1.32. The van der Waals surface area contributed by atoms with Gasteiger partial charge in [-0.05, 0) is 17.7 Å². The average Bonchev–Trinajstić information content (AvgIpc) is 3.42. The molecule has 7 heteroatoms. The molecule has 1 aromatic rings. The number of fused-ring (bicyclic) bond motifs is 1. The van der Waals surface area contributed by atoms with Crippen molar-refractivity contribution in [3.63, 3.8) is 0 Å². The summed E-state index contributed by atoms with van der Waals surface area (Å²) >= 11 is 0. The number of hydrogen-bond acceptors (Lipinski definition) is 5. The van der Waals surface area contributed by atoms with Gasteiger partial charge in [0.05, 0.1) is 31.6 Å². The number of hydrogen-bond donors (Lipinski definition) is 0. The zero-order chi connectivity index (χ0) is 21.6. The van der Waals surface area contributed by atoms with E-state index in [4.69, 9.17) is 9.47 Å². The molecule has 0 aliphatic carbocycles. The van der Waals surface area contributed by atoms with E-state index in [1.165, 1.54) is 0 Å². The lowest BCUT2D eigenvalue weighted by Gasteiger charge is -2.37. The molecule has 2 amide bonds. The quantitative estimate of drug-likeness (QED) is 0.646. The molecule has 3 saturated heterocycles. The van der Waals surface area contributed by atoms with Crippen molar-refractivity contribution in [1.29, 1.82) is 0 Å². The number of piperazine rings is 1. The number of carbonyl (C=O) groups is 2. The van der Waals surface area contributed by atoms with Gasteiger partial charge in [-0.3, -0.25) is 14.5 Å². The van der Waals surface area contributed by atoms with Crippen molar-refractivity contribution >= 4 is 11.8 Å². The van der Waals surface area contributed by atoms with Crippen LogP contribution in [-0.4, -0.2) is 84.6 Å². The summed E-state index contributed by atoms with van der Waals surface area (Å²) in [4.78, 5) is 33.0. The molecule has 0 saturated carbocycles.